The molecule has 1 aliphatic heterocycles. The van der Waals surface area contributed by atoms with E-state index in [-0.39, 0.29) is 11.4 Å². The quantitative estimate of drug-likeness (QED) is 0.727. The van der Waals surface area contributed by atoms with E-state index in [1.54, 1.807) is 0 Å². The van der Waals surface area contributed by atoms with Crippen LogP contribution in [0.15, 0.2) is 0 Å². The Kier molecular flexibility index (Phi) is 3.07. The van der Waals surface area contributed by atoms with Crippen molar-refractivity contribution >= 4 is 11.6 Å². The van der Waals surface area contributed by atoms with Gasteiger partial charge in [0.2, 0.25) is 11.2 Å². The van der Waals surface area contributed by atoms with E-state index < -0.39 is 0 Å². The Bertz CT molecular complexity index is 369. The summed E-state index contributed by atoms with van der Waals surface area (Å²) in [6.45, 7) is 5.09. The molecule has 82 valence electrons. The summed E-state index contributed by atoms with van der Waals surface area (Å²) in [5, 5.41) is 0.242. The number of hydrogen-bond acceptors (Lipinski definition) is 4. The van der Waals surface area contributed by atoms with Gasteiger partial charge in [-0.05, 0) is 25.4 Å². The molecule has 0 saturated heterocycles. The number of fused-ring (bicyclic) bond motifs is 1. The first-order chi connectivity index (χ1) is 7.16. The third-order valence-electron chi connectivity index (χ3n) is 2.10. The molecule has 2 heterocycles. The van der Waals surface area contributed by atoms with Gasteiger partial charge < -0.3 is 9.47 Å². The lowest BCUT2D eigenvalue weighted by molar-refractivity contribution is 0.103. The molecule has 1 aliphatic rings. The summed E-state index contributed by atoms with van der Waals surface area (Å²) in [5.74, 6) is 0.555. The van der Waals surface area contributed by atoms with Crippen LogP contribution < -0.4 is 4.74 Å². The second-order valence-corrected chi connectivity index (χ2v) is 4.03. The Morgan fingerprint density at radius 3 is 2.93 bits per heavy atom. The molecule has 0 spiro atoms. The molecule has 5 heteroatoms. The Morgan fingerprint density at radius 2 is 2.20 bits per heavy atom. The van der Waals surface area contributed by atoms with Gasteiger partial charge in [-0.2, -0.15) is 4.98 Å². The van der Waals surface area contributed by atoms with Gasteiger partial charge >= 0.3 is 0 Å². The molecule has 0 N–H and O–H groups in total. The van der Waals surface area contributed by atoms with Gasteiger partial charge in [0.25, 0.3) is 0 Å². The number of hydrogen-bond donors (Lipinski definition) is 0. The molecule has 0 radical (unpaired) electrons. The second-order valence-electron chi connectivity index (χ2n) is 3.69. The fraction of sp³-hybridized carbons (Fsp3) is 0.600. The number of aromatic nitrogens is 2. The van der Waals surface area contributed by atoms with Crippen molar-refractivity contribution in [2.75, 3.05) is 6.61 Å². The molecule has 0 saturated carbocycles. The van der Waals surface area contributed by atoms with E-state index in [0.717, 1.165) is 17.7 Å². The maximum Gasteiger partial charge on any atom is 0.225 e. The predicted octanol–water partition coefficient (Wildman–Crippen LogP) is 1.99. The lowest BCUT2D eigenvalue weighted by Crippen LogP contribution is -2.17. The van der Waals surface area contributed by atoms with Crippen LogP contribution in [-0.2, 0) is 17.8 Å². The summed E-state index contributed by atoms with van der Waals surface area (Å²) in [6.07, 6.45) is 0.841. The monoisotopic (exact) mass is 228 g/mol. The minimum absolute atomic E-state index is 0.0713. The van der Waals surface area contributed by atoms with Gasteiger partial charge in [0.05, 0.1) is 30.6 Å². The van der Waals surface area contributed by atoms with E-state index in [2.05, 4.69) is 9.97 Å². The summed E-state index contributed by atoms with van der Waals surface area (Å²) < 4.78 is 10.9. The topological polar surface area (TPSA) is 44.2 Å². The van der Waals surface area contributed by atoms with Crippen LogP contribution in [-0.4, -0.2) is 22.7 Å². The van der Waals surface area contributed by atoms with Gasteiger partial charge in [-0.3, -0.25) is 0 Å². The van der Waals surface area contributed by atoms with Crippen LogP contribution in [0.3, 0.4) is 0 Å². The standard InChI is InChI=1S/C10H13ClN2O2/c1-6(2)15-9-7-5-14-4-3-8(7)12-10(11)13-9/h6H,3-5H2,1-2H3. The summed E-state index contributed by atoms with van der Waals surface area (Å²) >= 11 is 5.82. The molecule has 2 rings (SSSR count). The minimum Gasteiger partial charge on any atom is -0.475 e. The fourth-order valence-electron chi connectivity index (χ4n) is 1.49. The Balaban J connectivity index is 2.38. The van der Waals surface area contributed by atoms with Crippen molar-refractivity contribution in [1.82, 2.24) is 9.97 Å². The SMILES string of the molecule is CC(C)Oc1nc(Cl)nc2c1COCC2. The highest BCUT2D eigenvalue weighted by Crippen LogP contribution is 2.26. The molecule has 0 fully saturated rings. The van der Waals surface area contributed by atoms with Crippen molar-refractivity contribution in [3.63, 3.8) is 0 Å². The van der Waals surface area contributed by atoms with Crippen molar-refractivity contribution in [2.45, 2.75) is 33.0 Å². The molecule has 0 aliphatic carbocycles. The van der Waals surface area contributed by atoms with Crippen LogP contribution in [0.2, 0.25) is 5.28 Å². The third kappa shape index (κ3) is 2.38. The van der Waals surface area contributed by atoms with Gasteiger partial charge in [-0.1, -0.05) is 0 Å². The van der Waals surface area contributed by atoms with Crippen molar-refractivity contribution in [3.05, 3.63) is 16.5 Å². The van der Waals surface area contributed by atoms with Gasteiger partial charge in [0, 0.05) is 6.42 Å². The Hall–Kier alpha value is -0.870. The highest BCUT2D eigenvalue weighted by Gasteiger charge is 2.19. The molecule has 1 aromatic rings. The van der Waals surface area contributed by atoms with Crippen LogP contribution in [0, 0.1) is 0 Å². The van der Waals surface area contributed by atoms with Crippen molar-refractivity contribution < 1.29 is 9.47 Å². The average Bonchev–Trinajstić information content (AvgIpc) is 2.16. The zero-order valence-corrected chi connectivity index (χ0v) is 9.54. The van der Waals surface area contributed by atoms with Crippen LogP contribution in [0.5, 0.6) is 5.88 Å². The molecule has 0 amide bonds. The molecule has 0 atom stereocenters. The second kappa shape index (κ2) is 4.33. The third-order valence-corrected chi connectivity index (χ3v) is 2.27. The smallest absolute Gasteiger partial charge is 0.225 e. The largest absolute Gasteiger partial charge is 0.475 e. The maximum absolute atomic E-state index is 5.82. The molecule has 0 bridgehead atoms. The predicted molar refractivity (Wildman–Crippen MR) is 56.2 cm³/mol. The molecular weight excluding hydrogens is 216 g/mol. The highest BCUT2D eigenvalue weighted by molar-refractivity contribution is 6.28. The van der Waals surface area contributed by atoms with E-state index in [1.807, 2.05) is 13.8 Å². The molecular formula is C10H13ClN2O2. The fourth-order valence-corrected chi connectivity index (χ4v) is 1.67. The highest BCUT2D eigenvalue weighted by atomic mass is 35.5. The zero-order chi connectivity index (χ0) is 10.8. The van der Waals surface area contributed by atoms with Crippen molar-refractivity contribution in [3.8, 4) is 5.88 Å². The number of nitrogens with zero attached hydrogens (tertiary/aromatic N) is 2. The van der Waals surface area contributed by atoms with Crippen LogP contribution in [0.25, 0.3) is 0 Å². The first-order valence-electron chi connectivity index (χ1n) is 4.96. The van der Waals surface area contributed by atoms with E-state index in [1.165, 1.54) is 0 Å². The molecule has 4 nitrogen and oxygen atoms in total. The van der Waals surface area contributed by atoms with Crippen LogP contribution in [0.1, 0.15) is 25.1 Å². The summed E-state index contributed by atoms with van der Waals surface area (Å²) in [4.78, 5) is 8.25. The summed E-state index contributed by atoms with van der Waals surface area (Å²) in [6, 6.07) is 0. The first-order valence-corrected chi connectivity index (χ1v) is 5.34. The van der Waals surface area contributed by atoms with E-state index >= 15 is 0 Å². The maximum atomic E-state index is 5.82. The van der Waals surface area contributed by atoms with Crippen molar-refractivity contribution in [1.29, 1.82) is 0 Å². The number of halogens is 1. The normalized spacial score (nSPS) is 15.2. The van der Waals surface area contributed by atoms with Gasteiger partial charge in [-0.25, -0.2) is 4.98 Å². The lowest BCUT2D eigenvalue weighted by atomic mass is 10.1. The number of ether oxygens (including phenoxy) is 2. The van der Waals surface area contributed by atoms with Gasteiger partial charge in [0.15, 0.2) is 0 Å². The first kappa shape index (κ1) is 10.6. The van der Waals surface area contributed by atoms with Crippen LogP contribution >= 0.6 is 11.6 Å². The molecule has 15 heavy (non-hydrogen) atoms. The molecule has 1 aromatic heterocycles. The van der Waals surface area contributed by atoms with Crippen molar-refractivity contribution in [2.24, 2.45) is 0 Å². The van der Waals surface area contributed by atoms with E-state index in [9.17, 15) is 0 Å². The molecule has 0 unspecified atom stereocenters. The summed E-state index contributed by atoms with van der Waals surface area (Å²) in [5.41, 5.74) is 1.87. The molecule has 0 aromatic carbocycles. The van der Waals surface area contributed by atoms with E-state index in [0.29, 0.717) is 19.1 Å². The summed E-state index contributed by atoms with van der Waals surface area (Å²) in [7, 11) is 0. The van der Waals surface area contributed by atoms with Gasteiger partial charge in [0.1, 0.15) is 0 Å². The lowest BCUT2D eigenvalue weighted by Gasteiger charge is -2.19. The Labute approximate surface area is 93.6 Å². The number of rotatable bonds is 2. The average molecular weight is 229 g/mol. The Morgan fingerprint density at radius 1 is 1.40 bits per heavy atom. The van der Waals surface area contributed by atoms with E-state index in [4.69, 9.17) is 21.1 Å². The zero-order valence-electron chi connectivity index (χ0n) is 8.79. The minimum atomic E-state index is 0.0713. The van der Waals surface area contributed by atoms with Gasteiger partial charge in [-0.15, -0.1) is 0 Å². The van der Waals surface area contributed by atoms with Crippen LogP contribution in [0.4, 0.5) is 0 Å².